The topological polar surface area (TPSA) is 25.4 Å². The number of hydrogen-bond donors (Lipinski definition) is 0. The summed E-state index contributed by atoms with van der Waals surface area (Å²) in [5.41, 5.74) is 1.27. The van der Waals surface area contributed by atoms with Gasteiger partial charge in [-0.2, -0.15) is 0 Å². The molecule has 2 rings (SSSR count). The molecule has 0 aliphatic carbocycles. The van der Waals surface area contributed by atoms with Gasteiger partial charge < -0.3 is 9.64 Å². The van der Waals surface area contributed by atoms with Crippen LogP contribution in [0.4, 0.5) is 5.82 Å². The highest BCUT2D eigenvalue weighted by Crippen LogP contribution is 2.34. The van der Waals surface area contributed by atoms with E-state index in [-0.39, 0.29) is 0 Å². The van der Waals surface area contributed by atoms with E-state index in [2.05, 4.69) is 36.8 Å². The van der Waals surface area contributed by atoms with Crippen molar-refractivity contribution in [2.45, 2.75) is 39.0 Å². The van der Waals surface area contributed by atoms with Crippen molar-refractivity contribution in [3.8, 4) is 5.75 Å². The minimum absolute atomic E-state index is 0.473. The molecule has 0 saturated carbocycles. The lowest BCUT2D eigenvalue weighted by Crippen LogP contribution is -2.20. The van der Waals surface area contributed by atoms with Crippen molar-refractivity contribution in [1.82, 2.24) is 4.98 Å². The summed E-state index contributed by atoms with van der Waals surface area (Å²) in [6.45, 7) is 6.27. The van der Waals surface area contributed by atoms with Crippen molar-refractivity contribution in [1.29, 1.82) is 0 Å². The maximum Gasteiger partial charge on any atom is 0.171 e. The van der Waals surface area contributed by atoms with Gasteiger partial charge in [0.15, 0.2) is 11.6 Å². The minimum Gasteiger partial charge on any atom is -0.489 e. The van der Waals surface area contributed by atoms with Crippen molar-refractivity contribution < 1.29 is 4.74 Å². The molecule has 3 heteroatoms. The molecule has 17 heavy (non-hydrogen) atoms. The standard InChI is InChI=1S/C14H22N2O/c1-11(2)12-7-8-15-14-13(12)17-10-6-4-5-9-16(14)3/h7-8,11H,4-6,9-10H2,1-3H3. The van der Waals surface area contributed by atoms with Crippen LogP contribution in [0.15, 0.2) is 12.3 Å². The van der Waals surface area contributed by atoms with Gasteiger partial charge in [0.25, 0.3) is 0 Å². The number of rotatable bonds is 1. The summed E-state index contributed by atoms with van der Waals surface area (Å²) in [6.07, 6.45) is 5.48. The van der Waals surface area contributed by atoms with Gasteiger partial charge >= 0.3 is 0 Å². The molecular formula is C14H22N2O. The van der Waals surface area contributed by atoms with Gasteiger partial charge in [-0.15, -0.1) is 0 Å². The first-order valence-corrected chi connectivity index (χ1v) is 6.53. The third-order valence-corrected chi connectivity index (χ3v) is 3.28. The molecule has 1 aromatic rings. The summed E-state index contributed by atoms with van der Waals surface area (Å²) >= 11 is 0. The van der Waals surface area contributed by atoms with E-state index in [0.717, 1.165) is 31.1 Å². The number of fused-ring (bicyclic) bond motifs is 1. The van der Waals surface area contributed by atoms with Gasteiger partial charge in [-0.05, 0) is 31.2 Å². The Morgan fingerprint density at radius 1 is 1.29 bits per heavy atom. The van der Waals surface area contributed by atoms with Gasteiger partial charge in [0.05, 0.1) is 6.61 Å². The van der Waals surface area contributed by atoms with Crippen molar-refractivity contribution in [2.24, 2.45) is 0 Å². The third kappa shape index (κ3) is 2.71. The quantitative estimate of drug-likeness (QED) is 0.746. The molecule has 0 unspecified atom stereocenters. The minimum atomic E-state index is 0.473. The van der Waals surface area contributed by atoms with E-state index in [4.69, 9.17) is 4.74 Å². The van der Waals surface area contributed by atoms with E-state index in [1.807, 2.05) is 6.20 Å². The Kier molecular flexibility index (Phi) is 3.87. The smallest absolute Gasteiger partial charge is 0.171 e. The number of pyridine rings is 1. The fraction of sp³-hybridized carbons (Fsp3) is 0.643. The average Bonchev–Trinajstić information content (AvgIpc) is 2.40. The van der Waals surface area contributed by atoms with Gasteiger partial charge in [-0.25, -0.2) is 4.98 Å². The number of anilines is 1. The predicted octanol–water partition coefficient (Wildman–Crippen LogP) is 3.20. The molecular weight excluding hydrogens is 212 g/mol. The molecule has 3 nitrogen and oxygen atoms in total. The number of ether oxygens (including phenoxy) is 1. The zero-order chi connectivity index (χ0) is 12.3. The summed E-state index contributed by atoms with van der Waals surface area (Å²) in [5, 5.41) is 0. The molecule has 0 saturated heterocycles. The van der Waals surface area contributed by atoms with E-state index in [0.29, 0.717) is 5.92 Å². The lowest BCUT2D eigenvalue weighted by atomic mass is 10.0. The van der Waals surface area contributed by atoms with Crippen LogP contribution in [0, 0.1) is 0 Å². The fourth-order valence-electron chi connectivity index (χ4n) is 2.23. The first-order chi connectivity index (χ1) is 8.20. The van der Waals surface area contributed by atoms with Crippen LogP contribution in [-0.2, 0) is 0 Å². The Hall–Kier alpha value is -1.25. The van der Waals surface area contributed by atoms with Gasteiger partial charge in [-0.1, -0.05) is 13.8 Å². The van der Waals surface area contributed by atoms with Crippen LogP contribution in [0.25, 0.3) is 0 Å². The number of hydrogen-bond acceptors (Lipinski definition) is 3. The Morgan fingerprint density at radius 3 is 2.88 bits per heavy atom. The maximum atomic E-state index is 5.97. The van der Waals surface area contributed by atoms with Gasteiger partial charge in [0.2, 0.25) is 0 Å². The summed E-state index contributed by atoms with van der Waals surface area (Å²) in [6, 6.07) is 2.08. The Morgan fingerprint density at radius 2 is 2.12 bits per heavy atom. The largest absolute Gasteiger partial charge is 0.489 e. The second-order valence-corrected chi connectivity index (χ2v) is 5.04. The molecule has 0 radical (unpaired) electrons. The second kappa shape index (κ2) is 5.39. The lowest BCUT2D eigenvalue weighted by Gasteiger charge is -2.22. The van der Waals surface area contributed by atoms with E-state index in [1.54, 1.807) is 0 Å². The molecule has 94 valence electrons. The van der Waals surface area contributed by atoms with Crippen LogP contribution in [0.1, 0.15) is 44.6 Å². The number of nitrogens with zero attached hydrogens (tertiary/aromatic N) is 2. The van der Waals surface area contributed by atoms with E-state index in [9.17, 15) is 0 Å². The van der Waals surface area contributed by atoms with E-state index in [1.165, 1.54) is 18.4 Å². The van der Waals surface area contributed by atoms with Crippen molar-refractivity contribution >= 4 is 5.82 Å². The third-order valence-electron chi connectivity index (χ3n) is 3.28. The Bertz CT molecular complexity index is 376. The lowest BCUT2D eigenvalue weighted by molar-refractivity contribution is 0.304. The average molecular weight is 234 g/mol. The molecule has 0 fully saturated rings. The van der Waals surface area contributed by atoms with Crippen LogP contribution >= 0.6 is 0 Å². The normalized spacial score (nSPS) is 16.8. The first-order valence-electron chi connectivity index (χ1n) is 6.53. The zero-order valence-electron chi connectivity index (χ0n) is 11.1. The highest BCUT2D eigenvalue weighted by molar-refractivity contribution is 5.56. The van der Waals surface area contributed by atoms with Crippen LogP contribution in [-0.4, -0.2) is 25.2 Å². The SMILES string of the molecule is CC(C)c1ccnc2c1OCCCCCN2C. The van der Waals surface area contributed by atoms with Gasteiger partial charge in [0.1, 0.15) is 0 Å². The predicted molar refractivity (Wildman–Crippen MR) is 70.9 cm³/mol. The molecule has 0 spiro atoms. The summed E-state index contributed by atoms with van der Waals surface area (Å²) in [5.74, 6) is 2.46. The molecule has 1 aromatic heterocycles. The van der Waals surface area contributed by atoms with E-state index >= 15 is 0 Å². The molecule has 0 amide bonds. The Balaban J connectivity index is 2.41. The zero-order valence-corrected chi connectivity index (χ0v) is 11.1. The summed E-state index contributed by atoms with van der Waals surface area (Å²) < 4.78 is 5.97. The molecule has 0 N–H and O–H groups in total. The van der Waals surface area contributed by atoms with Crippen LogP contribution in [0.5, 0.6) is 5.75 Å². The van der Waals surface area contributed by atoms with Crippen LogP contribution < -0.4 is 9.64 Å². The molecule has 1 aliphatic heterocycles. The molecule has 0 bridgehead atoms. The molecule has 2 heterocycles. The van der Waals surface area contributed by atoms with E-state index < -0.39 is 0 Å². The first kappa shape index (κ1) is 12.2. The van der Waals surface area contributed by atoms with Gasteiger partial charge in [0, 0.05) is 25.4 Å². The summed E-state index contributed by atoms with van der Waals surface area (Å²) in [7, 11) is 2.10. The highest BCUT2D eigenvalue weighted by atomic mass is 16.5. The Labute approximate surface area is 104 Å². The van der Waals surface area contributed by atoms with Crippen LogP contribution in [0.3, 0.4) is 0 Å². The van der Waals surface area contributed by atoms with Gasteiger partial charge in [-0.3, -0.25) is 0 Å². The second-order valence-electron chi connectivity index (χ2n) is 5.04. The fourth-order valence-corrected chi connectivity index (χ4v) is 2.23. The molecule has 0 atom stereocenters. The monoisotopic (exact) mass is 234 g/mol. The number of aromatic nitrogens is 1. The van der Waals surface area contributed by atoms with Crippen molar-refractivity contribution in [2.75, 3.05) is 25.1 Å². The summed E-state index contributed by atoms with van der Waals surface area (Å²) in [4.78, 5) is 6.70. The van der Waals surface area contributed by atoms with Crippen molar-refractivity contribution in [3.05, 3.63) is 17.8 Å². The molecule has 0 aromatic carbocycles. The highest BCUT2D eigenvalue weighted by Gasteiger charge is 2.17. The molecule has 1 aliphatic rings. The maximum absolute atomic E-state index is 5.97. The van der Waals surface area contributed by atoms with Crippen LogP contribution in [0.2, 0.25) is 0 Å². The van der Waals surface area contributed by atoms with Crippen molar-refractivity contribution in [3.63, 3.8) is 0 Å².